The second-order valence-electron chi connectivity index (χ2n) is 3.91. The fourth-order valence-corrected chi connectivity index (χ4v) is 1.85. The van der Waals surface area contributed by atoms with Gasteiger partial charge in [-0.3, -0.25) is 4.79 Å². The van der Waals surface area contributed by atoms with E-state index in [9.17, 15) is 13.2 Å². The topological polar surface area (TPSA) is 89.3 Å². The molecule has 0 bridgehead atoms. The van der Waals surface area contributed by atoms with Crippen LogP contribution in [0.4, 0.5) is 0 Å². The Hall–Kier alpha value is -1.40. The molecule has 0 spiro atoms. The summed E-state index contributed by atoms with van der Waals surface area (Å²) >= 11 is 0. The van der Waals surface area contributed by atoms with Gasteiger partial charge in [0.25, 0.3) is 5.91 Å². The number of carbonyl (C=O) groups is 1. The minimum absolute atomic E-state index is 0.114. The van der Waals surface area contributed by atoms with Gasteiger partial charge in [-0.2, -0.15) is 0 Å². The zero-order valence-corrected chi connectivity index (χ0v) is 10.6. The summed E-state index contributed by atoms with van der Waals surface area (Å²) < 4.78 is 22.4. The summed E-state index contributed by atoms with van der Waals surface area (Å²) in [6, 6.07) is 5.68. The molecule has 1 aromatic carbocycles. The summed E-state index contributed by atoms with van der Waals surface area (Å²) in [6.45, 7) is 2.15. The molecule has 3 N–H and O–H groups in total. The third kappa shape index (κ3) is 3.83. The lowest BCUT2D eigenvalue weighted by Crippen LogP contribution is -2.37. The number of nitrogens with two attached hydrogens (primary N) is 1. The number of hydrogen-bond acceptors (Lipinski definition) is 4. The Bertz CT molecular complexity index is 494. The van der Waals surface area contributed by atoms with Crippen molar-refractivity contribution in [1.29, 1.82) is 0 Å². The van der Waals surface area contributed by atoms with Gasteiger partial charge >= 0.3 is 0 Å². The van der Waals surface area contributed by atoms with Crippen molar-refractivity contribution in [3.63, 3.8) is 0 Å². The number of hydrogen-bond donors (Lipinski definition) is 2. The monoisotopic (exact) mass is 256 g/mol. The van der Waals surface area contributed by atoms with Crippen molar-refractivity contribution in [1.82, 2.24) is 5.32 Å². The van der Waals surface area contributed by atoms with Crippen molar-refractivity contribution in [3.8, 4) is 0 Å². The van der Waals surface area contributed by atoms with E-state index >= 15 is 0 Å². The first-order valence-electron chi connectivity index (χ1n) is 5.15. The Morgan fingerprint density at radius 1 is 1.35 bits per heavy atom. The number of nitrogens with one attached hydrogen (secondary N) is 1. The van der Waals surface area contributed by atoms with Gasteiger partial charge in [-0.05, 0) is 31.2 Å². The van der Waals surface area contributed by atoms with Crippen LogP contribution in [0.1, 0.15) is 17.3 Å². The normalized spacial score (nSPS) is 13.1. The van der Waals surface area contributed by atoms with Crippen LogP contribution in [0.5, 0.6) is 0 Å². The van der Waals surface area contributed by atoms with Gasteiger partial charge in [0.2, 0.25) is 0 Å². The molecule has 5 nitrogen and oxygen atoms in total. The molecule has 94 valence electrons. The molecule has 0 fully saturated rings. The van der Waals surface area contributed by atoms with Crippen molar-refractivity contribution in [2.24, 2.45) is 5.73 Å². The first-order valence-corrected chi connectivity index (χ1v) is 7.05. The van der Waals surface area contributed by atoms with E-state index in [1.54, 1.807) is 6.92 Å². The maximum atomic E-state index is 11.7. The molecular formula is C11H16N2O3S. The Morgan fingerprint density at radius 3 is 2.29 bits per heavy atom. The fraction of sp³-hybridized carbons (Fsp3) is 0.364. The lowest BCUT2D eigenvalue weighted by atomic mass is 10.2. The summed E-state index contributed by atoms with van der Waals surface area (Å²) in [6.07, 6.45) is 1.12. The van der Waals surface area contributed by atoms with E-state index in [1.165, 1.54) is 24.3 Å². The second-order valence-corrected chi connectivity index (χ2v) is 5.92. The maximum absolute atomic E-state index is 11.7. The van der Waals surface area contributed by atoms with Gasteiger partial charge in [-0.15, -0.1) is 0 Å². The summed E-state index contributed by atoms with van der Waals surface area (Å²) in [4.78, 5) is 11.9. The van der Waals surface area contributed by atoms with E-state index in [4.69, 9.17) is 5.73 Å². The quantitative estimate of drug-likeness (QED) is 0.803. The van der Waals surface area contributed by atoms with Crippen molar-refractivity contribution in [2.45, 2.75) is 17.9 Å². The van der Waals surface area contributed by atoms with Gasteiger partial charge in [-0.25, -0.2) is 8.42 Å². The molecule has 0 unspecified atom stereocenters. The fourth-order valence-electron chi connectivity index (χ4n) is 1.22. The van der Waals surface area contributed by atoms with Crippen LogP contribution in [-0.2, 0) is 9.84 Å². The highest BCUT2D eigenvalue weighted by Crippen LogP contribution is 2.10. The first kappa shape index (κ1) is 13.7. The predicted octanol–water partition coefficient (Wildman–Crippen LogP) is 0.167. The van der Waals surface area contributed by atoms with E-state index < -0.39 is 9.84 Å². The van der Waals surface area contributed by atoms with Crippen LogP contribution < -0.4 is 11.1 Å². The molecule has 0 aliphatic heterocycles. The van der Waals surface area contributed by atoms with Crippen LogP contribution >= 0.6 is 0 Å². The SMILES string of the molecule is C[C@@H](CN)NC(=O)c1ccc(S(C)(=O)=O)cc1. The third-order valence-electron chi connectivity index (χ3n) is 2.28. The molecule has 17 heavy (non-hydrogen) atoms. The molecule has 1 atom stereocenters. The van der Waals surface area contributed by atoms with E-state index in [-0.39, 0.29) is 16.8 Å². The molecule has 1 rings (SSSR count). The smallest absolute Gasteiger partial charge is 0.251 e. The summed E-state index contributed by atoms with van der Waals surface area (Å²) in [7, 11) is -3.22. The lowest BCUT2D eigenvalue weighted by Gasteiger charge is -2.11. The van der Waals surface area contributed by atoms with Crippen LogP contribution in [0, 0.1) is 0 Å². The highest BCUT2D eigenvalue weighted by Gasteiger charge is 2.11. The van der Waals surface area contributed by atoms with E-state index in [2.05, 4.69) is 5.32 Å². The molecule has 0 radical (unpaired) electrons. The van der Waals surface area contributed by atoms with Gasteiger partial charge < -0.3 is 11.1 Å². The molecule has 0 saturated heterocycles. The highest BCUT2D eigenvalue weighted by molar-refractivity contribution is 7.90. The van der Waals surface area contributed by atoms with Crippen molar-refractivity contribution in [2.75, 3.05) is 12.8 Å². The molecule has 1 aromatic rings. The summed E-state index contributed by atoms with van der Waals surface area (Å²) in [5.74, 6) is -0.261. The Morgan fingerprint density at radius 2 is 1.88 bits per heavy atom. The minimum Gasteiger partial charge on any atom is -0.348 e. The number of sulfone groups is 1. The molecule has 0 aliphatic rings. The molecule has 0 aromatic heterocycles. The van der Waals surface area contributed by atoms with Crippen LogP contribution in [0.25, 0.3) is 0 Å². The number of benzene rings is 1. The molecular weight excluding hydrogens is 240 g/mol. The molecule has 1 amide bonds. The molecule has 0 saturated carbocycles. The highest BCUT2D eigenvalue weighted by atomic mass is 32.2. The van der Waals surface area contributed by atoms with E-state index in [0.717, 1.165) is 6.26 Å². The third-order valence-corrected chi connectivity index (χ3v) is 3.40. The first-order chi connectivity index (χ1) is 7.84. The second kappa shape index (κ2) is 5.29. The van der Waals surface area contributed by atoms with Gasteiger partial charge in [0, 0.05) is 24.4 Å². The number of amides is 1. The molecule has 0 aliphatic carbocycles. The van der Waals surface area contributed by atoms with Crippen LogP contribution in [-0.4, -0.2) is 33.2 Å². The number of carbonyl (C=O) groups excluding carboxylic acids is 1. The maximum Gasteiger partial charge on any atom is 0.251 e. The lowest BCUT2D eigenvalue weighted by molar-refractivity contribution is 0.0941. The van der Waals surface area contributed by atoms with Gasteiger partial charge in [0.1, 0.15) is 0 Å². The Balaban J connectivity index is 2.85. The summed E-state index contributed by atoms with van der Waals surface area (Å²) in [5, 5.41) is 2.69. The standard InChI is InChI=1S/C11H16N2O3S/c1-8(7-12)13-11(14)9-3-5-10(6-4-9)17(2,15)16/h3-6,8H,7,12H2,1-2H3,(H,13,14)/t8-/m0/s1. The average molecular weight is 256 g/mol. The van der Waals surface area contributed by atoms with Crippen molar-refractivity contribution < 1.29 is 13.2 Å². The van der Waals surface area contributed by atoms with Crippen LogP contribution in [0.2, 0.25) is 0 Å². The van der Waals surface area contributed by atoms with Gasteiger partial charge in [0.15, 0.2) is 9.84 Å². The Labute approximate surface area is 101 Å². The average Bonchev–Trinajstić information content (AvgIpc) is 2.27. The number of rotatable bonds is 4. The van der Waals surface area contributed by atoms with E-state index in [1.807, 2.05) is 0 Å². The minimum atomic E-state index is -3.22. The van der Waals surface area contributed by atoms with Gasteiger partial charge in [0.05, 0.1) is 4.90 Å². The van der Waals surface area contributed by atoms with E-state index in [0.29, 0.717) is 12.1 Å². The molecule has 0 heterocycles. The predicted molar refractivity (Wildman–Crippen MR) is 65.5 cm³/mol. The Kier molecular flexibility index (Phi) is 4.25. The van der Waals surface area contributed by atoms with Crippen LogP contribution in [0.3, 0.4) is 0 Å². The van der Waals surface area contributed by atoms with Crippen molar-refractivity contribution >= 4 is 15.7 Å². The largest absolute Gasteiger partial charge is 0.348 e. The van der Waals surface area contributed by atoms with Crippen LogP contribution in [0.15, 0.2) is 29.2 Å². The zero-order chi connectivity index (χ0) is 13.1. The van der Waals surface area contributed by atoms with Gasteiger partial charge in [-0.1, -0.05) is 0 Å². The summed E-state index contributed by atoms with van der Waals surface area (Å²) in [5.41, 5.74) is 5.80. The molecule has 6 heteroatoms. The van der Waals surface area contributed by atoms with Crippen molar-refractivity contribution in [3.05, 3.63) is 29.8 Å². The zero-order valence-electron chi connectivity index (χ0n) is 9.80.